The molecular weight excluding hydrogens is 190 g/mol. The van der Waals surface area contributed by atoms with Gasteiger partial charge in [-0.15, -0.1) is 0 Å². The molecule has 2 unspecified atom stereocenters. The highest BCUT2D eigenvalue weighted by Gasteiger charge is 2.07. The summed E-state index contributed by atoms with van der Waals surface area (Å²) in [6.07, 6.45) is -0.356. The summed E-state index contributed by atoms with van der Waals surface area (Å²) in [5, 5.41) is 21.5. The zero-order chi connectivity index (χ0) is 11.3. The second kappa shape index (κ2) is 5.85. The van der Waals surface area contributed by atoms with E-state index in [-0.39, 0.29) is 18.8 Å². The predicted molar refractivity (Wildman–Crippen MR) is 60.3 cm³/mol. The summed E-state index contributed by atoms with van der Waals surface area (Å²) in [4.78, 5) is 0. The highest BCUT2D eigenvalue weighted by atomic mass is 16.3. The van der Waals surface area contributed by atoms with Crippen molar-refractivity contribution in [2.75, 3.05) is 0 Å². The zero-order valence-corrected chi connectivity index (χ0v) is 9.27. The van der Waals surface area contributed by atoms with Crippen LogP contribution in [0, 0.1) is 0 Å². The normalized spacial score (nSPS) is 14.9. The van der Waals surface area contributed by atoms with Gasteiger partial charge in [-0.25, -0.2) is 0 Å². The van der Waals surface area contributed by atoms with Crippen LogP contribution in [0.1, 0.15) is 25.0 Å². The van der Waals surface area contributed by atoms with E-state index in [4.69, 9.17) is 5.11 Å². The smallest absolute Gasteiger partial charge is 0.0681 e. The molecular formula is C12H19NO2. The van der Waals surface area contributed by atoms with Crippen LogP contribution in [0.3, 0.4) is 0 Å². The third kappa shape index (κ3) is 4.00. The van der Waals surface area contributed by atoms with Crippen LogP contribution in [0.25, 0.3) is 0 Å². The standard InChI is InChI=1S/C12H19NO2/c1-9(10(2)15)13-7-11-4-3-5-12(6-11)8-14/h3-6,9-10,13-15H,7-8H2,1-2H3. The van der Waals surface area contributed by atoms with Crippen LogP contribution in [0.15, 0.2) is 24.3 Å². The average molecular weight is 209 g/mol. The van der Waals surface area contributed by atoms with Crippen molar-refractivity contribution >= 4 is 0 Å². The zero-order valence-electron chi connectivity index (χ0n) is 9.27. The van der Waals surface area contributed by atoms with E-state index in [0.717, 1.165) is 11.1 Å². The second-order valence-corrected chi connectivity index (χ2v) is 3.89. The molecule has 0 radical (unpaired) electrons. The molecule has 0 fully saturated rings. The van der Waals surface area contributed by atoms with E-state index in [2.05, 4.69) is 5.32 Å². The summed E-state index contributed by atoms with van der Waals surface area (Å²) >= 11 is 0. The first-order valence-corrected chi connectivity index (χ1v) is 5.23. The van der Waals surface area contributed by atoms with Crippen molar-refractivity contribution in [2.45, 2.75) is 39.1 Å². The van der Waals surface area contributed by atoms with Crippen molar-refractivity contribution < 1.29 is 10.2 Å². The Morgan fingerprint density at radius 3 is 2.53 bits per heavy atom. The molecule has 3 N–H and O–H groups in total. The molecule has 0 amide bonds. The van der Waals surface area contributed by atoms with Gasteiger partial charge in [-0.3, -0.25) is 0 Å². The summed E-state index contributed by atoms with van der Waals surface area (Å²) in [6, 6.07) is 7.85. The molecule has 0 spiro atoms. The number of nitrogens with one attached hydrogen (secondary N) is 1. The van der Waals surface area contributed by atoms with Gasteiger partial charge in [-0.1, -0.05) is 24.3 Å². The van der Waals surface area contributed by atoms with Crippen LogP contribution >= 0.6 is 0 Å². The largest absolute Gasteiger partial charge is 0.392 e. The minimum Gasteiger partial charge on any atom is -0.392 e. The minimum absolute atomic E-state index is 0.0692. The average Bonchev–Trinajstić information content (AvgIpc) is 2.26. The molecule has 0 heterocycles. The van der Waals surface area contributed by atoms with Crippen molar-refractivity contribution in [3.63, 3.8) is 0 Å². The number of aliphatic hydroxyl groups excluding tert-OH is 2. The van der Waals surface area contributed by atoms with Crippen LogP contribution in [0.4, 0.5) is 0 Å². The molecule has 0 aliphatic heterocycles. The lowest BCUT2D eigenvalue weighted by Crippen LogP contribution is -2.34. The Balaban J connectivity index is 2.50. The summed E-state index contributed by atoms with van der Waals surface area (Å²) in [5.41, 5.74) is 2.04. The first kappa shape index (κ1) is 12.2. The molecule has 1 aromatic rings. The molecule has 0 aromatic heterocycles. The van der Waals surface area contributed by atoms with E-state index >= 15 is 0 Å². The van der Waals surface area contributed by atoms with Crippen molar-refractivity contribution in [3.05, 3.63) is 35.4 Å². The van der Waals surface area contributed by atoms with Gasteiger partial charge >= 0.3 is 0 Å². The van der Waals surface area contributed by atoms with Crippen LogP contribution in [-0.2, 0) is 13.2 Å². The topological polar surface area (TPSA) is 52.5 Å². The molecule has 84 valence electrons. The Morgan fingerprint density at radius 1 is 1.27 bits per heavy atom. The molecule has 0 saturated heterocycles. The van der Waals surface area contributed by atoms with Gasteiger partial charge in [-0.2, -0.15) is 0 Å². The molecule has 1 rings (SSSR count). The maximum Gasteiger partial charge on any atom is 0.0681 e. The Morgan fingerprint density at radius 2 is 1.93 bits per heavy atom. The van der Waals surface area contributed by atoms with Gasteiger partial charge in [0.1, 0.15) is 0 Å². The molecule has 1 aromatic carbocycles. The number of hydrogen-bond donors (Lipinski definition) is 3. The summed E-state index contributed by atoms with van der Waals surface area (Å²) in [6.45, 7) is 4.49. The second-order valence-electron chi connectivity index (χ2n) is 3.89. The molecule has 3 nitrogen and oxygen atoms in total. The maximum atomic E-state index is 9.30. The monoisotopic (exact) mass is 209 g/mol. The number of rotatable bonds is 5. The van der Waals surface area contributed by atoms with Crippen LogP contribution in [0.5, 0.6) is 0 Å². The molecule has 0 aliphatic rings. The van der Waals surface area contributed by atoms with Crippen molar-refractivity contribution in [2.24, 2.45) is 0 Å². The molecule has 15 heavy (non-hydrogen) atoms. The Kier molecular flexibility index (Phi) is 4.75. The third-order valence-electron chi connectivity index (χ3n) is 2.53. The van der Waals surface area contributed by atoms with Crippen molar-refractivity contribution in [1.82, 2.24) is 5.32 Å². The van der Waals surface area contributed by atoms with E-state index < -0.39 is 0 Å². The first-order chi connectivity index (χ1) is 7.13. The minimum atomic E-state index is -0.356. The van der Waals surface area contributed by atoms with Gasteiger partial charge in [0.05, 0.1) is 12.7 Å². The fourth-order valence-electron chi connectivity index (χ4n) is 1.29. The van der Waals surface area contributed by atoms with E-state index in [1.165, 1.54) is 0 Å². The summed E-state index contributed by atoms with van der Waals surface area (Å²) < 4.78 is 0. The van der Waals surface area contributed by atoms with Gasteiger partial charge in [-0.05, 0) is 25.0 Å². The Labute approximate surface area is 90.8 Å². The van der Waals surface area contributed by atoms with Crippen molar-refractivity contribution in [3.8, 4) is 0 Å². The fourth-order valence-corrected chi connectivity index (χ4v) is 1.29. The number of hydrogen-bond acceptors (Lipinski definition) is 3. The molecule has 0 aliphatic carbocycles. The van der Waals surface area contributed by atoms with Gasteiger partial charge < -0.3 is 15.5 Å². The van der Waals surface area contributed by atoms with Crippen LogP contribution < -0.4 is 5.32 Å². The third-order valence-corrected chi connectivity index (χ3v) is 2.53. The maximum absolute atomic E-state index is 9.30. The van der Waals surface area contributed by atoms with Crippen LogP contribution in [-0.4, -0.2) is 22.4 Å². The van der Waals surface area contributed by atoms with E-state index in [9.17, 15) is 5.11 Å². The van der Waals surface area contributed by atoms with Crippen LogP contribution in [0.2, 0.25) is 0 Å². The number of benzene rings is 1. The van der Waals surface area contributed by atoms with E-state index in [0.29, 0.717) is 6.54 Å². The highest BCUT2D eigenvalue weighted by molar-refractivity contribution is 5.22. The summed E-state index contributed by atoms with van der Waals surface area (Å²) in [5.74, 6) is 0. The highest BCUT2D eigenvalue weighted by Crippen LogP contribution is 2.05. The quantitative estimate of drug-likeness (QED) is 0.679. The van der Waals surface area contributed by atoms with Gasteiger partial charge in [0.2, 0.25) is 0 Å². The predicted octanol–water partition coefficient (Wildman–Crippen LogP) is 1.04. The molecule has 0 bridgehead atoms. The van der Waals surface area contributed by atoms with Gasteiger partial charge in [0.25, 0.3) is 0 Å². The fraction of sp³-hybridized carbons (Fsp3) is 0.500. The lowest BCUT2D eigenvalue weighted by molar-refractivity contribution is 0.152. The molecule has 0 saturated carbocycles. The van der Waals surface area contributed by atoms with E-state index in [1.54, 1.807) is 6.92 Å². The summed E-state index contributed by atoms with van der Waals surface area (Å²) in [7, 11) is 0. The first-order valence-electron chi connectivity index (χ1n) is 5.23. The van der Waals surface area contributed by atoms with Gasteiger partial charge in [0, 0.05) is 12.6 Å². The van der Waals surface area contributed by atoms with Gasteiger partial charge in [0.15, 0.2) is 0 Å². The lowest BCUT2D eigenvalue weighted by atomic mass is 10.1. The molecule has 2 atom stereocenters. The molecule has 3 heteroatoms. The van der Waals surface area contributed by atoms with Crippen molar-refractivity contribution in [1.29, 1.82) is 0 Å². The SMILES string of the molecule is CC(O)C(C)NCc1cccc(CO)c1. The lowest BCUT2D eigenvalue weighted by Gasteiger charge is -2.16. The Bertz CT molecular complexity index is 299. The van der Waals surface area contributed by atoms with E-state index in [1.807, 2.05) is 31.2 Å². The number of aliphatic hydroxyl groups is 2. The Hall–Kier alpha value is -0.900.